The van der Waals surface area contributed by atoms with Gasteiger partial charge in [-0.15, -0.1) is 0 Å². The summed E-state index contributed by atoms with van der Waals surface area (Å²) in [6, 6.07) is 0.0477. The predicted molar refractivity (Wildman–Crippen MR) is 75.4 cm³/mol. The molecular formula is C13H26N2OS. The highest BCUT2D eigenvalue weighted by atomic mass is 32.2. The summed E-state index contributed by atoms with van der Waals surface area (Å²) in [5.41, 5.74) is 0. The van der Waals surface area contributed by atoms with Gasteiger partial charge in [-0.05, 0) is 43.7 Å². The lowest BCUT2D eigenvalue weighted by Gasteiger charge is -2.15. The molecule has 1 rings (SSSR count). The number of rotatable bonds is 8. The third-order valence-electron chi connectivity index (χ3n) is 3.39. The third kappa shape index (κ3) is 5.77. The molecule has 1 amide bonds. The normalized spacial score (nSPS) is 23.9. The number of thioether (sulfide) groups is 1. The highest BCUT2D eigenvalue weighted by molar-refractivity contribution is 7.98. The van der Waals surface area contributed by atoms with E-state index >= 15 is 0 Å². The van der Waals surface area contributed by atoms with Crippen molar-refractivity contribution in [2.75, 3.05) is 25.1 Å². The molecule has 0 aromatic rings. The van der Waals surface area contributed by atoms with Crippen molar-refractivity contribution in [1.29, 1.82) is 0 Å². The molecule has 3 nitrogen and oxygen atoms in total. The van der Waals surface area contributed by atoms with Crippen molar-refractivity contribution in [2.45, 2.75) is 45.1 Å². The number of amides is 1. The average molecular weight is 258 g/mol. The Balaban J connectivity index is 1.97. The fourth-order valence-corrected chi connectivity index (χ4v) is 2.72. The van der Waals surface area contributed by atoms with E-state index in [9.17, 15) is 4.79 Å². The molecule has 4 heteroatoms. The molecule has 0 radical (unpaired) electrons. The number of nitrogens with one attached hydrogen (secondary N) is 2. The molecule has 1 aliphatic heterocycles. The molecule has 0 aromatic carbocycles. The molecule has 1 fully saturated rings. The van der Waals surface area contributed by atoms with Crippen LogP contribution in [0.2, 0.25) is 0 Å². The molecule has 17 heavy (non-hydrogen) atoms. The number of hydrogen-bond donors (Lipinski definition) is 2. The summed E-state index contributed by atoms with van der Waals surface area (Å²) >= 11 is 1.91. The minimum atomic E-state index is 0.0477. The van der Waals surface area contributed by atoms with Crippen molar-refractivity contribution in [1.82, 2.24) is 10.6 Å². The first kappa shape index (κ1) is 14.8. The van der Waals surface area contributed by atoms with Crippen molar-refractivity contribution in [2.24, 2.45) is 5.92 Å². The lowest BCUT2D eigenvalue weighted by atomic mass is 10.0. The van der Waals surface area contributed by atoms with E-state index < -0.39 is 0 Å². The second-order valence-electron chi connectivity index (χ2n) is 4.90. The Morgan fingerprint density at radius 1 is 1.35 bits per heavy atom. The van der Waals surface area contributed by atoms with E-state index in [0.717, 1.165) is 25.9 Å². The highest BCUT2D eigenvalue weighted by Crippen LogP contribution is 2.14. The molecule has 0 spiro atoms. The van der Waals surface area contributed by atoms with Crippen molar-refractivity contribution in [3.05, 3.63) is 0 Å². The lowest BCUT2D eigenvalue weighted by molar-refractivity contribution is -0.123. The van der Waals surface area contributed by atoms with E-state index in [4.69, 9.17) is 0 Å². The summed E-state index contributed by atoms with van der Waals surface area (Å²) in [7, 11) is 0. The Hall–Kier alpha value is -0.220. The quantitative estimate of drug-likeness (QED) is 0.655. The first-order chi connectivity index (χ1) is 8.25. The smallest absolute Gasteiger partial charge is 0.237 e. The molecule has 1 aliphatic rings. The Kier molecular flexibility index (Phi) is 7.69. The summed E-state index contributed by atoms with van der Waals surface area (Å²) in [6.45, 7) is 3.96. The van der Waals surface area contributed by atoms with Crippen LogP contribution in [0.1, 0.15) is 39.0 Å². The summed E-state index contributed by atoms with van der Waals surface area (Å²) in [6.07, 6.45) is 8.20. The Bertz CT molecular complexity index is 223. The minimum Gasteiger partial charge on any atom is -0.355 e. The van der Waals surface area contributed by atoms with Gasteiger partial charge in [0.05, 0.1) is 6.04 Å². The average Bonchev–Trinajstić information content (AvgIpc) is 2.74. The van der Waals surface area contributed by atoms with Gasteiger partial charge in [0, 0.05) is 6.54 Å². The van der Waals surface area contributed by atoms with Gasteiger partial charge in [0.25, 0.3) is 0 Å². The largest absolute Gasteiger partial charge is 0.355 e. The number of unbranched alkanes of at least 4 members (excludes halogenated alkanes) is 3. The van der Waals surface area contributed by atoms with E-state index in [1.54, 1.807) is 0 Å². The molecule has 2 N–H and O–H groups in total. The minimum absolute atomic E-state index is 0.0477. The van der Waals surface area contributed by atoms with Gasteiger partial charge in [-0.25, -0.2) is 0 Å². The van der Waals surface area contributed by atoms with Gasteiger partial charge in [0.1, 0.15) is 0 Å². The van der Waals surface area contributed by atoms with Crippen LogP contribution in [0, 0.1) is 5.92 Å². The Labute approximate surface area is 109 Å². The fraction of sp³-hybridized carbons (Fsp3) is 0.923. The van der Waals surface area contributed by atoms with Crippen molar-refractivity contribution in [3.63, 3.8) is 0 Å². The molecule has 0 bridgehead atoms. The van der Waals surface area contributed by atoms with E-state index in [-0.39, 0.29) is 11.9 Å². The molecule has 0 aromatic heterocycles. The highest BCUT2D eigenvalue weighted by Gasteiger charge is 2.28. The first-order valence-corrected chi connectivity index (χ1v) is 8.15. The van der Waals surface area contributed by atoms with Crippen molar-refractivity contribution < 1.29 is 4.79 Å². The second kappa shape index (κ2) is 8.81. The van der Waals surface area contributed by atoms with Gasteiger partial charge >= 0.3 is 0 Å². The standard InChI is InChI=1S/C13H26N2OS/c1-11-7-9-14-12(11)13(16)15-8-5-3-4-6-10-17-2/h11-12,14H,3-10H2,1-2H3,(H,15,16). The van der Waals surface area contributed by atoms with Gasteiger partial charge in [-0.2, -0.15) is 11.8 Å². The molecule has 2 unspecified atom stereocenters. The van der Waals surface area contributed by atoms with Crippen molar-refractivity contribution >= 4 is 17.7 Å². The third-order valence-corrected chi connectivity index (χ3v) is 4.09. The van der Waals surface area contributed by atoms with Gasteiger partial charge in [-0.3, -0.25) is 4.79 Å². The van der Waals surface area contributed by atoms with Crippen LogP contribution in [-0.4, -0.2) is 37.0 Å². The van der Waals surface area contributed by atoms with Crippen LogP contribution < -0.4 is 10.6 Å². The maximum Gasteiger partial charge on any atom is 0.237 e. The van der Waals surface area contributed by atoms with Crippen LogP contribution >= 0.6 is 11.8 Å². The lowest BCUT2D eigenvalue weighted by Crippen LogP contribution is -2.43. The maximum absolute atomic E-state index is 11.8. The molecule has 0 aliphatic carbocycles. The Morgan fingerprint density at radius 2 is 2.12 bits per heavy atom. The molecule has 2 atom stereocenters. The zero-order valence-corrected chi connectivity index (χ0v) is 11.9. The van der Waals surface area contributed by atoms with E-state index in [1.165, 1.54) is 25.0 Å². The van der Waals surface area contributed by atoms with Gasteiger partial charge in [0.2, 0.25) is 5.91 Å². The molecular weight excluding hydrogens is 232 g/mol. The fourth-order valence-electron chi connectivity index (χ4n) is 2.23. The Morgan fingerprint density at radius 3 is 2.76 bits per heavy atom. The van der Waals surface area contributed by atoms with E-state index in [1.807, 2.05) is 11.8 Å². The zero-order chi connectivity index (χ0) is 12.5. The van der Waals surface area contributed by atoms with Gasteiger partial charge in [0.15, 0.2) is 0 Å². The number of carbonyl (C=O) groups excluding carboxylic acids is 1. The van der Waals surface area contributed by atoms with Crippen molar-refractivity contribution in [3.8, 4) is 0 Å². The van der Waals surface area contributed by atoms with Crippen LogP contribution in [0.5, 0.6) is 0 Å². The SMILES string of the molecule is CSCCCCCCNC(=O)C1NCCC1C. The maximum atomic E-state index is 11.8. The van der Waals surface area contributed by atoms with Crippen LogP contribution in [0.3, 0.4) is 0 Å². The topological polar surface area (TPSA) is 41.1 Å². The monoisotopic (exact) mass is 258 g/mol. The second-order valence-corrected chi connectivity index (χ2v) is 5.88. The van der Waals surface area contributed by atoms with Crippen LogP contribution in [0.4, 0.5) is 0 Å². The van der Waals surface area contributed by atoms with E-state index in [0.29, 0.717) is 5.92 Å². The summed E-state index contributed by atoms with van der Waals surface area (Å²) in [4.78, 5) is 11.8. The van der Waals surface area contributed by atoms with Crippen LogP contribution in [0.25, 0.3) is 0 Å². The molecule has 1 saturated heterocycles. The number of carbonyl (C=O) groups is 1. The number of hydrogen-bond acceptors (Lipinski definition) is 3. The summed E-state index contributed by atoms with van der Waals surface area (Å²) < 4.78 is 0. The van der Waals surface area contributed by atoms with E-state index in [2.05, 4.69) is 23.8 Å². The summed E-state index contributed by atoms with van der Waals surface area (Å²) in [5.74, 6) is 1.94. The molecule has 1 heterocycles. The van der Waals surface area contributed by atoms with Crippen LogP contribution in [0.15, 0.2) is 0 Å². The van der Waals surface area contributed by atoms with Gasteiger partial charge in [-0.1, -0.05) is 19.8 Å². The molecule has 100 valence electrons. The van der Waals surface area contributed by atoms with Crippen LogP contribution in [-0.2, 0) is 4.79 Å². The summed E-state index contributed by atoms with van der Waals surface area (Å²) in [5, 5.41) is 6.30. The predicted octanol–water partition coefficient (Wildman–Crippen LogP) is 2.02. The molecule has 0 saturated carbocycles. The zero-order valence-electron chi connectivity index (χ0n) is 11.1. The first-order valence-electron chi connectivity index (χ1n) is 6.75. The van der Waals surface area contributed by atoms with Gasteiger partial charge < -0.3 is 10.6 Å².